The molecule has 0 radical (unpaired) electrons. The zero-order valence-electron chi connectivity index (χ0n) is 32.0. The molecule has 2 aromatic carbocycles. The first-order chi connectivity index (χ1) is 25.7. The number of likely N-dealkylation sites (tertiary alicyclic amines) is 2. The Morgan fingerprint density at radius 3 is 1.89 bits per heavy atom. The molecule has 2 aliphatic heterocycles. The largest absolute Gasteiger partial charge is 0.383 e. The second kappa shape index (κ2) is 17.8. The maximum atomic E-state index is 13.3. The highest BCUT2D eigenvalue weighted by molar-refractivity contribution is 6.76. The third-order valence-electron chi connectivity index (χ3n) is 10.2. The number of ether oxygens (including phenoxy) is 1. The molecule has 4 heterocycles. The molecule has 0 bridgehead atoms. The molecule has 4 atom stereocenters. The number of pyridine rings is 1. The Balaban J connectivity index is 0.000000260. The van der Waals surface area contributed by atoms with Crippen LogP contribution in [0.5, 0.6) is 0 Å². The number of rotatable bonds is 8. The van der Waals surface area contributed by atoms with Gasteiger partial charge in [-0.3, -0.25) is 19.2 Å². The van der Waals surface area contributed by atoms with E-state index in [-0.39, 0.29) is 18.8 Å². The number of benzene rings is 2. The van der Waals surface area contributed by atoms with Crippen LogP contribution in [-0.2, 0) is 30.6 Å². The second-order valence-electron chi connectivity index (χ2n) is 15.7. The summed E-state index contributed by atoms with van der Waals surface area (Å²) in [6.07, 6.45) is 6.55. The van der Waals surface area contributed by atoms with Crippen molar-refractivity contribution in [2.24, 2.45) is 17.6 Å². The second-order valence-corrected chi connectivity index (χ2v) is 21.4. The fourth-order valence-electron chi connectivity index (χ4n) is 7.04. The molecular formula is C40H54N8O5Si. The summed E-state index contributed by atoms with van der Waals surface area (Å²) in [4.78, 5) is 57.0. The van der Waals surface area contributed by atoms with Crippen molar-refractivity contribution in [2.45, 2.75) is 84.0 Å². The van der Waals surface area contributed by atoms with Crippen molar-refractivity contribution in [1.29, 1.82) is 0 Å². The zero-order chi connectivity index (χ0) is 39.0. The lowest BCUT2D eigenvalue weighted by molar-refractivity contribution is -0.147. The Labute approximate surface area is 318 Å². The van der Waals surface area contributed by atoms with E-state index in [0.29, 0.717) is 53.9 Å². The Bertz CT molecular complexity index is 1920. The van der Waals surface area contributed by atoms with Gasteiger partial charge in [-0.2, -0.15) is 5.10 Å². The van der Waals surface area contributed by atoms with Crippen LogP contribution in [0.1, 0.15) is 62.7 Å². The number of carbonyl (C=O) groups excluding carboxylic acids is 4. The number of amides is 4. The summed E-state index contributed by atoms with van der Waals surface area (Å²) in [5.74, 6) is -1.38. The topological polar surface area (TPSA) is 179 Å². The number of primary amides is 1. The van der Waals surface area contributed by atoms with Gasteiger partial charge in [0.05, 0.1) is 41.1 Å². The van der Waals surface area contributed by atoms with Gasteiger partial charge in [0.1, 0.15) is 12.5 Å². The van der Waals surface area contributed by atoms with E-state index in [1.165, 1.54) is 6.20 Å². The number of hydrogen-bond donors (Lipinski definition) is 3. The summed E-state index contributed by atoms with van der Waals surface area (Å²) in [5, 5.41) is 7.77. The molecule has 54 heavy (non-hydrogen) atoms. The normalized spacial score (nSPS) is 20.2. The first kappa shape index (κ1) is 40.1. The average Bonchev–Trinajstić information content (AvgIpc) is 3.59. The predicted octanol–water partition coefficient (Wildman–Crippen LogP) is 5.74. The molecular weight excluding hydrogens is 701 g/mol. The minimum absolute atomic E-state index is 0.0325. The van der Waals surface area contributed by atoms with Gasteiger partial charge in [-0.25, -0.2) is 9.67 Å². The number of nitrogens with two attached hydrogens (primary N) is 2. The number of piperidine rings is 2. The van der Waals surface area contributed by atoms with Gasteiger partial charge in [0, 0.05) is 27.8 Å². The lowest BCUT2D eigenvalue weighted by atomic mass is 9.88. The van der Waals surface area contributed by atoms with Gasteiger partial charge in [0.15, 0.2) is 0 Å². The molecule has 5 N–H and O–H groups in total. The fourth-order valence-corrected chi connectivity index (χ4v) is 7.80. The monoisotopic (exact) mass is 754 g/mol. The van der Waals surface area contributed by atoms with Gasteiger partial charge in [-0.15, -0.1) is 0 Å². The van der Waals surface area contributed by atoms with Gasteiger partial charge in [0.2, 0.25) is 0 Å². The summed E-state index contributed by atoms with van der Waals surface area (Å²) in [6.45, 7) is 13.2. The number of anilines is 2. The van der Waals surface area contributed by atoms with Crippen LogP contribution in [0.25, 0.3) is 10.9 Å². The zero-order valence-corrected chi connectivity index (χ0v) is 33.0. The van der Waals surface area contributed by atoms with E-state index in [1.54, 1.807) is 20.7 Å². The molecule has 288 valence electrons. The predicted molar refractivity (Wildman–Crippen MR) is 212 cm³/mol. The lowest BCUT2D eigenvalue weighted by Crippen LogP contribution is -2.46. The number of hydrogen-bond acceptors (Lipinski definition) is 8. The lowest BCUT2D eigenvalue weighted by Gasteiger charge is -2.38. The van der Waals surface area contributed by atoms with Crippen LogP contribution in [0, 0.1) is 11.8 Å². The molecule has 14 heteroatoms. The van der Waals surface area contributed by atoms with Crippen LogP contribution in [0.3, 0.4) is 0 Å². The van der Waals surface area contributed by atoms with Crippen LogP contribution in [-0.4, -0.2) is 76.0 Å². The Morgan fingerprint density at radius 1 is 0.833 bits per heavy atom. The number of aromatic nitrogens is 3. The molecule has 0 aliphatic carbocycles. The van der Waals surface area contributed by atoms with E-state index < -0.39 is 31.7 Å². The molecule has 4 aromatic rings. The van der Waals surface area contributed by atoms with E-state index in [9.17, 15) is 19.2 Å². The van der Waals surface area contributed by atoms with Crippen molar-refractivity contribution in [3.05, 3.63) is 84.2 Å². The van der Waals surface area contributed by atoms with Gasteiger partial charge < -0.3 is 31.3 Å². The first-order valence-corrected chi connectivity index (χ1v) is 22.4. The van der Waals surface area contributed by atoms with E-state index in [1.807, 2.05) is 60.7 Å². The third-order valence-corrected chi connectivity index (χ3v) is 11.9. The number of nitrogen functional groups attached to an aromatic ring is 1. The fraction of sp³-hybridized carbons (Fsp3) is 0.450. The molecule has 4 amide bonds. The highest BCUT2D eigenvalue weighted by atomic mass is 28.3. The molecule has 4 unspecified atom stereocenters. The van der Waals surface area contributed by atoms with Crippen LogP contribution >= 0.6 is 0 Å². The molecule has 2 aliphatic rings. The van der Waals surface area contributed by atoms with E-state index >= 15 is 0 Å². The molecule has 0 saturated carbocycles. The highest BCUT2D eigenvalue weighted by Crippen LogP contribution is 2.35. The Kier molecular flexibility index (Phi) is 13.2. The number of nitrogens with one attached hydrogen (secondary N) is 1. The summed E-state index contributed by atoms with van der Waals surface area (Å²) in [6, 6.07) is 20.6. The summed E-state index contributed by atoms with van der Waals surface area (Å²) >= 11 is 0. The van der Waals surface area contributed by atoms with Crippen molar-refractivity contribution in [1.82, 2.24) is 24.6 Å². The highest BCUT2D eigenvalue weighted by Gasteiger charge is 2.35. The van der Waals surface area contributed by atoms with Crippen LogP contribution in [0.15, 0.2) is 73.1 Å². The Hall–Kier alpha value is -5.08. The molecule has 13 nitrogen and oxygen atoms in total. The quantitative estimate of drug-likeness (QED) is 0.116. The van der Waals surface area contributed by atoms with Crippen LogP contribution < -0.4 is 16.8 Å². The standard InChI is InChI=1S/C26H36N6O3Si.C14H18N2O2/c1-18-10-11-31(22(14-18)19-8-6-5-7-9-19)26(34)25(33)30-21-16-28-24(27)20-15-29-32(23(20)21)17-35-12-13-36(2,3)4;1-10-7-8-16(14(18)13(15)17)12(9-10)11-5-3-2-4-6-11/h5-9,15-16,18,22H,10-14,17H2,1-4H3,(H2,27,28)(H,30,33);2-6,10,12H,7-9H2,1H3,(H2,15,17). The van der Waals surface area contributed by atoms with Crippen LogP contribution in [0.2, 0.25) is 25.7 Å². The third kappa shape index (κ3) is 10.1. The van der Waals surface area contributed by atoms with Crippen molar-refractivity contribution in [2.75, 3.05) is 30.7 Å². The van der Waals surface area contributed by atoms with Crippen molar-refractivity contribution in [3.8, 4) is 0 Å². The van der Waals surface area contributed by atoms with Gasteiger partial charge >= 0.3 is 23.6 Å². The summed E-state index contributed by atoms with van der Waals surface area (Å²) < 4.78 is 7.51. The number of nitrogens with zero attached hydrogens (tertiary/aromatic N) is 5. The van der Waals surface area contributed by atoms with Gasteiger partial charge in [0.25, 0.3) is 0 Å². The van der Waals surface area contributed by atoms with Crippen LogP contribution in [0.4, 0.5) is 11.5 Å². The minimum atomic E-state index is -1.22. The molecule has 0 spiro atoms. The van der Waals surface area contributed by atoms with Crippen molar-refractivity contribution in [3.63, 3.8) is 0 Å². The summed E-state index contributed by atoms with van der Waals surface area (Å²) in [7, 11) is -1.22. The molecule has 2 saturated heterocycles. The number of fused-ring (bicyclic) bond motifs is 1. The maximum Gasteiger partial charge on any atom is 0.314 e. The van der Waals surface area contributed by atoms with Gasteiger partial charge in [-0.05, 0) is 54.7 Å². The molecule has 2 fully saturated rings. The van der Waals surface area contributed by atoms with E-state index in [0.717, 1.165) is 42.9 Å². The average molecular weight is 755 g/mol. The van der Waals surface area contributed by atoms with E-state index in [4.69, 9.17) is 16.2 Å². The molecule has 2 aromatic heterocycles. The first-order valence-electron chi connectivity index (χ1n) is 18.7. The minimum Gasteiger partial charge on any atom is -0.383 e. The van der Waals surface area contributed by atoms with Crippen molar-refractivity contribution < 1.29 is 23.9 Å². The SMILES string of the molecule is CC1CCN(C(=O)C(=O)Nc2cnc(N)c3cnn(COCC[Si](C)(C)C)c23)C(c2ccccc2)C1.CC1CCN(C(=O)C(N)=O)C(c2ccccc2)C1. The van der Waals surface area contributed by atoms with Crippen molar-refractivity contribution >= 4 is 54.1 Å². The maximum absolute atomic E-state index is 13.3. The molecule has 6 rings (SSSR count). The van der Waals surface area contributed by atoms with E-state index in [2.05, 4.69) is 48.9 Å². The van der Waals surface area contributed by atoms with Gasteiger partial charge in [-0.1, -0.05) is 94.2 Å². The Morgan fingerprint density at radius 2 is 1.37 bits per heavy atom. The summed E-state index contributed by atoms with van der Waals surface area (Å²) in [5.41, 5.74) is 14.2. The smallest absolute Gasteiger partial charge is 0.314 e. The number of carbonyl (C=O) groups is 4.